The predicted octanol–water partition coefficient (Wildman–Crippen LogP) is 4.16. The largest absolute Gasteiger partial charge is 0.483 e. The van der Waals surface area contributed by atoms with Crippen LogP contribution in [0.3, 0.4) is 0 Å². The number of carboxylic acids is 1. The van der Waals surface area contributed by atoms with E-state index >= 15 is 0 Å². The average molecular weight is 549 g/mol. The molecule has 0 aliphatic rings. The van der Waals surface area contributed by atoms with E-state index in [1.807, 2.05) is 42.5 Å². The number of rotatable bonds is 11. The number of nitrogens with one attached hydrogen (secondary N) is 1. The maximum atomic E-state index is 13.0. The number of fused-ring (bicyclic) bond motifs is 3. The Morgan fingerprint density at radius 2 is 1.46 bits per heavy atom. The summed E-state index contributed by atoms with van der Waals surface area (Å²) in [6, 6.07) is 29.4. The smallest absolute Gasteiger partial charge is 0.352 e. The summed E-state index contributed by atoms with van der Waals surface area (Å²) in [6.45, 7) is 3.46. The number of carbonyl (C=O) groups excluding carboxylic acids is 2. The molecule has 4 aromatic carbocycles. The second-order valence-corrected chi connectivity index (χ2v) is 9.61. The van der Waals surface area contributed by atoms with Gasteiger partial charge in [0.25, 0.3) is 5.91 Å². The zero-order valence-corrected chi connectivity index (χ0v) is 22.1. The number of primary amides is 1. The molecule has 0 fully saturated rings. The van der Waals surface area contributed by atoms with Gasteiger partial charge in [0.15, 0.2) is 6.61 Å². The molecular weight excluding hydrogens is 520 g/mol. The molecule has 9 heteroatoms. The molecule has 0 spiro atoms. The molecule has 206 valence electrons. The van der Waals surface area contributed by atoms with Crippen LogP contribution in [-0.2, 0) is 22.6 Å². The van der Waals surface area contributed by atoms with Gasteiger partial charge in [-0.2, -0.15) is 0 Å². The third-order valence-corrected chi connectivity index (χ3v) is 6.96. The Labute approximate surface area is 235 Å². The van der Waals surface area contributed by atoms with Crippen LogP contribution in [0.2, 0.25) is 0 Å². The van der Waals surface area contributed by atoms with E-state index in [2.05, 4.69) is 21.6 Å². The zero-order valence-electron chi connectivity index (χ0n) is 22.1. The molecule has 5 aromatic rings. The molecule has 0 radical (unpaired) electrons. The lowest BCUT2D eigenvalue weighted by Crippen LogP contribution is -2.55. The summed E-state index contributed by atoms with van der Waals surface area (Å²) in [4.78, 5) is 41.5. The molecular formula is C32H28N4O5. The van der Waals surface area contributed by atoms with Gasteiger partial charge in [0.2, 0.25) is 11.6 Å². The highest BCUT2D eigenvalue weighted by Crippen LogP contribution is 2.38. The number of aromatic nitrogens is 1. The molecule has 1 aromatic heterocycles. The monoisotopic (exact) mass is 548 g/mol. The Morgan fingerprint density at radius 1 is 0.854 bits per heavy atom. The molecule has 9 nitrogen and oxygen atoms in total. The van der Waals surface area contributed by atoms with Gasteiger partial charge >= 0.3 is 5.97 Å². The minimum Gasteiger partial charge on any atom is -0.483 e. The van der Waals surface area contributed by atoms with E-state index in [4.69, 9.17) is 10.5 Å². The first-order valence-corrected chi connectivity index (χ1v) is 12.9. The number of hydrogen-bond donors (Lipinski definition) is 3. The van der Waals surface area contributed by atoms with E-state index in [-0.39, 0.29) is 6.42 Å². The Kier molecular flexibility index (Phi) is 7.51. The number of amides is 2. The van der Waals surface area contributed by atoms with Crippen LogP contribution >= 0.6 is 0 Å². The Balaban J connectivity index is 1.50. The number of carbonyl (C=O) groups is 3. The highest BCUT2D eigenvalue weighted by Gasteiger charge is 2.39. The molecule has 5 rings (SSSR count). The van der Waals surface area contributed by atoms with Crippen molar-refractivity contribution in [2.45, 2.75) is 18.6 Å². The van der Waals surface area contributed by atoms with Gasteiger partial charge < -0.3 is 25.5 Å². The predicted molar refractivity (Wildman–Crippen MR) is 157 cm³/mol. The molecule has 4 N–H and O–H groups in total. The lowest BCUT2D eigenvalue weighted by atomic mass is 10.00. The zero-order chi connectivity index (χ0) is 29.0. The van der Waals surface area contributed by atoms with Crippen molar-refractivity contribution in [2.24, 2.45) is 10.7 Å². The number of carboxylic acid groups (broad SMARTS) is 1. The van der Waals surface area contributed by atoms with Crippen molar-refractivity contribution >= 4 is 46.3 Å². The third-order valence-electron chi connectivity index (χ3n) is 6.96. The van der Waals surface area contributed by atoms with Crippen LogP contribution < -0.4 is 15.8 Å². The molecule has 0 bridgehead atoms. The van der Waals surface area contributed by atoms with E-state index < -0.39 is 30.1 Å². The van der Waals surface area contributed by atoms with Gasteiger partial charge in [0.05, 0.1) is 16.4 Å². The number of aliphatic carboxylic acids is 1. The highest BCUT2D eigenvalue weighted by atomic mass is 16.5. The van der Waals surface area contributed by atoms with Gasteiger partial charge in [-0.3, -0.25) is 14.6 Å². The molecule has 0 saturated carbocycles. The van der Waals surface area contributed by atoms with Gasteiger partial charge in [-0.1, -0.05) is 72.8 Å². The quantitative estimate of drug-likeness (QED) is 0.213. The van der Waals surface area contributed by atoms with Crippen LogP contribution in [0.15, 0.2) is 102 Å². The highest BCUT2D eigenvalue weighted by molar-refractivity contribution is 6.19. The fourth-order valence-corrected chi connectivity index (χ4v) is 5.05. The van der Waals surface area contributed by atoms with Crippen molar-refractivity contribution in [1.29, 1.82) is 0 Å². The topological polar surface area (TPSA) is 136 Å². The van der Waals surface area contributed by atoms with Gasteiger partial charge in [-0.15, -0.1) is 0 Å². The molecule has 41 heavy (non-hydrogen) atoms. The molecule has 0 aliphatic heterocycles. The minimum absolute atomic E-state index is 0.0943. The van der Waals surface area contributed by atoms with Gasteiger partial charge in [0, 0.05) is 23.9 Å². The minimum atomic E-state index is -1.97. The first-order chi connectivity index (χ1) is 19.8. The fourth-order valence-electron chi connectivity index (χ4n) is 5.05. The second-order valence-electron chi connectivity index (χ2n) is 9.61. The number of nitrogens with zero attached hydrogens (tertiary/aromatic N) is 2. The molecule has 1 heterocycles. The van der Waals surface area contributed by atoms with E-state index in [0.29, 0.717) is 34.2 Å². The van der Waals surface area contributed by atoms with Crippen molar-refractivity contribution in [3.63, 3.8) is 0 Å². The van der Waals surface area contributed by atoms with Crippen molar-refractivity contribution in [2.75, 3.05) is 6.61 Å². The number of hydrogen-bond acceptors (Lipinski definition) is 5. The first-order valence-electron chi connectivity index (χ1n) is 12.9. The SMILES string of the molecule is C=N[C@@](Cc1ccccc1)(NC(=O)COc1cccc2c1c1c(C(N)=O)cccc1n2Cc1ccccc1)C(=O)O. The second kappa shape index (κ2) is 11.4. The van der Waals surface area contributed by atoms with Crippen LogP contribution in [0.4, 0.5) is 0 Å². The summed E-state index contributed by atoms with van der Waals surface area (Å²) in [6.07, 6.45) is -0.0943. The molecule has 0 aliphatic carbocycles. The Hall–Kier alpha value is -5.44. The first kappa shape index (κ1) is 27.1. The third kappa shape index (κ3) is 5.38. The lowest BCUT2D eigenvalue weighted by Gasteiger charge is -2.26. The van der Waals surface area contributed by atoms with Crippen LogP contribution in [0, 0.1) is 0 Å². The maximum absolute atomic E-state index is 13.0. The van der Waals surface area contributed by atoms with Crippen LogP contribution in [0.25, 0.3) is 21.8 Å². The maximum Gasteiger partial charge on any atom is 0.352 e. The molecule has 2 amide bonds. The summed E-state index contributed by atoms with van der Waals surface area (Å²) in [5, 5.41) is 13.7. The molecule has 0 unspecified atom stereocenters. The number of benzene rings is 4. The van der Waals surface area contributed by atoms with E-state index in [0.717, 1.165) is 16.6 Å². The fraction of sp³-hybridized carbons (Fsp3) is 0.125. The normalized spacial score (nSPS) is 12.5. The van der Waals surface area contributed by atoms with Crippen molar-refractivity contribution < 1.29 is 24.2 Å². The number of ether oxygens (including phenoxy) is 1. The summed E-state index contributed by atoms with van der Waals surface area (Å²) in [7, 11) is 0. The number of aliphatic imine (C=N–C) groups is 1. The Morgan fingerprint density at radius 3 is 2.07 bits per heavy atom. The standard InChI is InChI=1S/C32H28N4O5/c1-34-32(31(39)40,18-21-10-4-2-5-11-21)35-27(37)20-41-26-17-9-16-25-29(26)28-23(30(33)38)14-8-15-24(28)36(25)19-22-12-6-3-7-13-22/h2-17H,1,18-20H2,(H2,33,38)(H,35,37)(H,39,40)/t32-/m0/s1. The molecule has 1 atom stereocenters. The Bertz CT molecular complexity index is 1770. The summed E-state index contributed by atoms with van der Waals surface area (Å²) >= 11 is 0. The van der Waals surface area contributed by atoms with Crippen LogP contribution in [0.5, 0.6) is 5.75 Å². The van der Waals surface area contributed by atoms with Gasteiger partial charge in [-0.25, -0.2) is 4.79 Å². The molecule has 0 saturated heterocycles. The van der Waals surface area contributed by atoms with Crippen molar-refractivity contribution in [1.82, 2.24) is 9.88 Å². The van der Waals surface area contributed by atoms with Crippen molar-refractivity contribution in [3.8, 4) is 5.75 Å². The van der Waals surface area contributed by atoms with Gasteiger partial charge in [-0.05, 0) is 42.1 Å². The number of nitrogens with two attached hydrogens (primary N) is 1. The summed E-state index contributed by atoms with van der Waals surface area (Å²) in [5.74, 6) is -2.29. The average Bonchev–Trinajstić information content (AvgIpc) is 3.30. The van der Waals surface area contributed by atoms with Crippen molar-refractivity contribution in [3.05, 3.63) is 114 Å². The van der Waals surface area contributed by atoms with E-state index in [9.17, 15) is 19.5 Å². The van der Waals surface area contributed by atoms with E-state index in [1.54, 1.807) is 54.6 Å². The summed E-state index contributed by atoms with van der Waals surface area (Å²) in [5.41, 5.74) is 7.39. The van der Waals surface area contributed by atoms with Gasteiger partial charge in [0.1, 0.15) is 5.75 Å². The van der Waals surface area contributed by atoms with Crippen LogP contribution in [0.1, 0.15) is 21.5 Å². The summed E-state index contributed by atoms with van der Waals surface area (Å²) < 4.78 is 8.04. The van der Waals surface area contributed by atoms with E-state index in [1.165, 1.54) is 0 Å². The lowest BCUT2D eigenvalue weighted by molar-refractivity contribution is -0.147. The van der Waals surface area contributed by atoms with Crippen LogP contribution in [-0.4, -0.2) is 46.4 Å².